The molecule has 0 bridgehead atoms. The second-order valence-corrected chi connectivity index (χ2v) is 6.62. The van der Waals surface area contributed by atoms with Gasteiger partial charge in [-0.25, -0.2) is 0 Å². The smallest absolute Gasteiger partial charge is 0.237 e. The summed E-state index contributed by atoms with van der Waals surface area (Å²) in [5, 5.41) is 3.06. The highest BCUT2D eigenvalue weighted by molar-refractivity contribution is 5.85. The van der Waals surface area contributed by atoms with Crippen LogP contribution in [-0.4, -0.2) is 18.5 Å². The van der Waals surface area contributed by atoms with E-state index in [4.69, 9.17) is 5.73 Å². The van der Waals surface area contributed by atoms with Crippen molar-refractivity contribution in [3.05, 3.63) is 0 Å². The molecule has 1 rings (SSSR count). The lowest BCUT2D eigenvalue weighted by Gasteiger charge is -2.31. The molecular formula is C14H29ClN2O. The van der Waals surface area contributed by atoms with Crippen molar-refractivity contribution in [1.82, 2.24) is 5.32 Å². The molecule has 0 radical (unpaired) electrons. The Balaban J connectivity index is 0.00000289. The molecule has 0 unspecified atom stereocenters. The molecule has 108 valence electrons. The van der Waals surface area contributed by atoms with E-state index < -0.39 is 6.04 Å². The fourth-order valence-electron chi connectivity index (χ4n) is 2.56. The maximum atomic E-state index is 12.0. The summed E-state index contributed by atoms with van der Waals surface area (Å²) in [7, 11) is 0. The Morgan fingerprint density at radius 2 is 1.83 bits per heavy atom. The minimum Gasteiger partial charge on any atom is -0.354 e. The highest BCUT2D eigenvalue weighted by atomic mass is 35.5. The molecule has 0 spiro atoms. The molecule has 1 atom stereocenters. The number of halogens is 1. The molecule has 3 N–H and O–H groups in total. The SMILES string of the molecule is CCC1(CNC(=O)[C@@H](N)C(C)(C)C)CCCC1.Cl. The Bertz CT molecular complexity index is 267. The highest BCUT2D eigenvalue weighted by Crippen LogP contribution is 2.40. The quantitative estimate of drug-likeness (QED) is 0.830. The number of carbonyl (C=O) groups excluding carboxylic acids is 1. The third kappa shape index (κ3) is 4.43. The van der Waals surface area contributed by atoms with Gasteiger partial charge in [-0.15, -0.1) is 12.4 Å². The molecule has 1 aliphatic carbocycles. The van der Waals surface area contributed by atoms with Crippen LogP contribution in [-0.2, 0) is 4.79 Å². The van der Waals surface area contributed by atoms with Crippen molar-refractivity contribution in [2.24, 2.45) is 16.6 Å². The van der Waals surface area contributed by atoms with Gasteiger partial charge in [0.1, 0.15) is 0 Å². The molecule has 0 saturated heterocycles. The van der Waals surface area contributed by atoms with Crippen molar-refractivity contribution in [2.45, 2.75) is 65.8 Å². The predicted molar refractivity (Wildman–Crippen MR) is 78.9 cm³/mol. The van der Waals surface area contributed by atoms with Crippen LogP contribution in [0.3, 0.4) is 0 Å². The second kappa shape index (κ2) is 6.76. The van der Waals surface area contributed by atoms with Crippen molar-refractivity contribution in [3.8, 4) is 0 Å². The normalized spacial score (nSPS) is 20.1. The van der Waals surface area contributed by atoms with Gasteiger partial charge in [-0.2, -0.15) is 0 Å². The maximum absolute atomic E-state index is 12.0. The van der Waals surface area contributed by atoms with Gasteiger partial charge in [-0.05, 0) is 30.1 Å². The standard InChI is InChI=1S/C14H28N2O.ClH/c1-5-14(8-6-7-9-14)10-16-12(17)11(15)13(2,3)4;/h11H,5-10,15H2,1-4H3,(H,16,17);1H/t11-;/m1./s1. The molecular weight excluding hydrogens is 248 g/mol. The van der Waals surface area contributed by atoms with Gasteiger partial charge >= 0.3 is 0 Å². The Kier molecular flexibility index (Phi) is 6.66. The van der Waals surface area contributed by atoms with Crippen LogP contribution in [0.1, 0.15) is 59.8 Å². The van der Waals surface area contributed by atoms with Crippen molar-refractivity contribution in [1.29, 1.82) is 0 Å². The average Bonchev–Trinajstić information content (AvgIpc) is 2.73. The van der Waals surface area contributed by atoms with E-state index in [2.05, 4.69) is 12.2 Å². The third-order valence-corrected chi connectivity index (χ3v) is 4.27. The molecule has 1 fully saturated rings. The zero-order valence-electron chi connectivity index (χ0n) is 12.2. The Morgan fingerprint density at radius 1 is 1.33 bits per heavy atom. The number of nitrogens with one attached hydrogen (secondary N) is 1. The molecule has 1 amide bonds. The van der Waals surface area contributed by atoms with E-state index in [0.717, 1.165) is 13.0 Å². The Hall–Kier alpha value is -0.280. The summed E-state index contributed by atoms with van der Waals surface area (Å²) < 4.78 is 0. The summed E-state index contributed by atoms with van der Waals surface area (Å²) in [5.41, 5.74) is 6.12. The highest BCUT2D eigenvalue weighted by Gasteiger charge is 2.34. The lowest BCUT2D eigenvalue weighted by atomic mass is 9.82. The van der Waals surface area contributed by atoms with Crippen LogP contribution < -0.4 is 11.1 Å². The number of rotatable bonds is 4. The fraction of sp³-hybridized carbons (Fsp3) is 0.929. The van der Waals surface area contributed by atoms with E-state index in [1.807, 2.05) is 20.8 Å². The van der Waals surface area contributed by atoms with E-state index in [9.17, 15) is 4.79 Å². The van der Waals surface area contributed by atoms with Crippen molar-refractivity contribution in [2.75, 3.05) is 6.54 Å². The summed E-state index contributed by atoms with van der Waals surface area (Å²) in [4.78, 5) is 12.0. The molecule has 0 aromatic rings. The topological polar surface area (TPSA) is 55.1 Å². The number of nitrogens with two attached hydrogens (primary N) is 1. The minimum atomic E-state index is -0.419. The fourth-order valence-corrected chi connectivity index (χ4v) is 2.56. The lowest BCUT2D eigenvalue weighted by molar-refractivity contribution is -0.125. The first-order valence-corrected chi connectivity index (χ1v) is 6.84. The van der Waals surface area contributed by atoms with Crippen LogP contribution in [0.15, 0.2) is 0 Å². The van der Waals surface area contributed by atoms with Crippen LogP contribution in [0.25, 0.3) is 0 Å². The molecule has 0 aliphatic heterocycles. The van der Waals surface area contributed by atoms with Gasteiger partial charge in [0.25, 0.3) is 0 Å². The predicted octanol–water partition coefficient (Wildman–Crippen LogP) is 2.87. The molecule has 0 heterocycles. The van der Waals surface area contributed by atoms with Crippen molar-refractivity contribution in [3.63, 3.8) is 0 Å². The van der Waals surface area contributed by atoms with E-state index in [0.29, 0.717) is 5.41 Å². The summed E-state index contributed by atoms with van der Waals surface area (Å²) in [6, 6.07) is -0.419. The summed E-state index contributed by atoms with van der Waals surface area (Å²) in [6.07, 6.45) is 6.24. The van der Waals surface area contributed by atoms with Gasteiger partial charge in [-0.1, -0.05) is 40.5 Å². The zero-order valence-corrected chi connectivity index (χ0v) is 13.0. The monoisotopic (exact) mass is 276 g/mol. The number of carbonyl (C=O) groups is 1. The van der Waals surface area contributed by atoms with Crippen LogP contribution >= 0.6 is 12.4 Å². The molecule has 1 saturated carbocycles. The molecule has 0 aromatic heterocycles. The largest absolute Gasteiger partial charge is 0.354 e. The van der Waals surface area contributed by atoms with Gasteiger partial charge in [0.15, 0.2) is 0 Å². The van der Waals surface area contributed by atoms with Gasteiger partial charge < -0.3 is 11.1 Å². The van der Waals surface area contributed by atoms with Crippen LogP contribution in [0, 0.1) is 10.8 Å². The first kappa shape index (κ1) is 17.7. The maximum Gasteiger partial charge on any atom is 0.237 e. The van der Waals surface area contributed by atoms with E-state index in [1.165, 1.54) is 25.7 Å². The van der Waals surface area contributed by atoms with Crippen molar-refractivity contribution >= 4 is 18.3 Å². The summed E-state index contributed by atoms with van der Waals surface area (Å²) in [5.74, 6) is -0.00257. The van der Waals surface area contributed by atoms with Crippen LogP contribution in [0.5, 0.6) is 0 Å². The van der Waals surface area contributed by atoms with Gasteiger partial charge in [0.2, 0.25) is 5.91 Å². The van der Waals surface area contributed by atoms with Gasteiger partial charge in [-0.3, -0.25) is 4.79 Å². The van der Waals surface area contributed by atoms with Gasteiger partial charge in [0.05, 0.1) is 6.04 Å². The summed E-state index contributed by atoms with van der Waals surface area (Å²) in [6.45, 7) is 9.03. The van der Waals surface area contributed by atoms with Gasteiger partial charge in [0, 0.05) is 6.54 Å². The van der Waals surface area contributed by atoms with E-state index >= 15 is 0 Å². The first-order chi connectivity index (χ1) is 7.81. The Labute approximate surface area is 118 Å². The average molecular weight is 277 g/mol. The number of hydrogen-bond acceptors (Lipinski definition) is 2. The van der Waals surface area contributed by atoms with Crippen LogP contribution in [0.4, 0.5) is 0 Å². The molecule has 3 nitrogen and oxygen atoms in total. The van der Waals surface area contributed by atoms with Crippen molar-refractivity contribution < 1.29 is 4.79 Å². The molecule has 1 aliphatic rings. The number of amides is 1. The summed E-state index contributed by atoms with van der Waals surface area (Å²) >= 11 is 0. The zero-order chi connectivity index (χ0) is 13.1. The second-order valence-electron chi connectivity index (χ2n) is 6.62. The van der Waals surface area contributed by atoms with Crippen LogP contribution in [0.2, 0.25) is 0 Å². The molecule has 4 heteroatoms. The first-order valence-electron chi connectivity index (χ1n) is 6.84. The van der Waals surface area contributed by atoms with E-state index in [-0.39, 0.29) is 23.7 Å². The molecule has 0 aromatic carbocycles. The minimum absolute atomic E-state index is 0. The molecule has 18 heavy (non-hydrogen) atoms. The third-order valence-electron chi connectivity index (χ3n) is 4.27. The number of hydrogen-bond donors (Lipinski definition) is 2. The Morgan fingerprint density at radius 3 is 2.22 bits per heavy atom. The lowest BCUT2D eigenvalue weighted by Crippen LogP contribution is -2.50. The van der Waals surface area contributed by atoms with E-state index in [1.54, 1.807) is 0 Å².